The van der Waals surface area contributed by atoms with Crippen molar-refractivity contribution in [2.75, 3.05) is 12.3 Å². The van der Waals surface area contributed by atoms with Gasteiger partial charge in [0.05, 0.1) is 0 Å². The first-order valence-corrected chi connectivity index (χ1v) is 8.00. The first kappa shape index (κ1) is 14.4. The molecular weight excluding hydrogens is 214 g/mol. The van der Waals surface area contributed by atoms with Gasteiger partial charge in [0.2, 0.25) is 0 Å². The van der Waals surface area contributed by atoms with E-state index < -0.39 is 0 Å². The summed E-state index contributed by atoms with van der Waals surface area (Å²) in [6.07, 6.45) is 5.53. The van der Waals surface area contributed by atoms with E-state index in [1.807, 2.05) is 11.9 Å². The normalized spacial score (nSPS) is 27.4. The molecule has 1 heterocycles. The molecule has 1 aliphatic rings. The number of rotatable bonds is 6. The van der Waals surface area contributed by atoms with Crippen molar-refractivity contribution in [3.63, 3.8) is 0 Å². The average Bonchev–Trinajstić information content (AvgIpc) is 2.35. The van der Waals surface area contributed by atoms with Crippen molar-refractivity contribution < 1.29 is 0 Å². The first-order valence-electron chi connectivity index (χ1n) is 7.01. The topological polar surface area (TPSA) is 12.0 Å². The van der Waals surface area contributed by atoms with Crippen LogP contribution in [0.15, 0.2) is 0 Å². The second-order valence-electron chi connectivity index (χ2n) is 5.59. The second kappa shape index (κ2) is 7.60. The van der Waals surface area contributed by atoms with E-state index in [4.69, 9.17) is 0 Å². The monoisotopic (exact) mass is 243 g/mol. The molecule has 0 bridgehead atoms. The van der Waals surface area contributed by atoms with Crippen LogP contribution >= 0.6 is 11.9 Å². The molecule has 16 heavy (non-hydrogen) atoms. The van der Waals surface area contributed by atoms with Crippen molar-refractivity contribution in [3.8, 4) is 0 Å². The molecular formula is C14H29NS. The summed E-state index contributed by atoms with van der Waals surface area (Å²) in [5, 5.41) is 0. The average molecular weight is 243 g/mol. The van der Waals surface area contributed by atoms with E-state index in [2.05, 4.69) is 32.4 Å². The molecule has 0 aliphatic carbocycles. The summed E-state index contributed by atoms with van der Waals surface area (Å²) >= 11 is 1.93. The summed E-state index contributed by atoms with van der Waals surface area (Å²) in [6.45, 7) is 10.9. The van der Waals surface area contributed by atoms with E-state index in [1.54, 1.807) is 0 Å². The Bertz CT molecular complexity index is 178. The molecule has 1 aliphatic heterocycles. The Hall–Kier alpha value is 0.310. The van der Waals surface area contributed by atoms with E-state index in [9.17, 15) is 0 Å². The maximum atomic E-state index is 3.39. The summed E-state index contributed by atoms with van der Waals surface area (Å²) in [6, 6.07) is 0. The number of nitrogens with one attached hydrogen (secondary N) is 1. The predicted molar refractivity (Wildman–Crippen MR) is 75.6 cm³/mol. The van der Waals surface area contributed by atoms with E-state index in [0.717, 1.165) is 23.7 Å². The van der Waals surface area contributed by atoms with Crippen LogP contribution in [0.3, 0.4) is 0 Å². The molecule has 2 heteroatoms. The minimum Gasteiger partial charge on any atom is -0.264 e. The maximum absolute atomic E-state index is 3.39. The van der Waals surface area contributed by atoms with Gasteiger partial charge in [0.25, 0.3) is 0 Å². The van der Waals surface area contributed by atoms with Gasteiger partial charge in [-0.25, -0.2) is 0 Å². The van der Waals surface area contributed by atoms with Crippen LogP contribution in [-0.2, 0) is 0 Å². The zero-order valence-corrected chi connectivity index (χ0v) is 12.3. The molecule has 1 fully saturated rings. The van der Waals surface area contributed by atoms with Crippen LogP contribution in [0.25, 0.3) is 0 Å². The summed E-state index contributed by atoms with van der Waals surface area (Å²) in [7, 11) is 0. The summed E-state index contributed by atoms with van der Waals surface area (Å²) in [5.74, 6) is 4.92. The van der Waals surface area contributed by atoms with Crippen molar-refractivity contribution in [3.05, 3.63) is 0 Å². The van der Waals surface area contributed by atoms with E-state index >= 15 is 0 Å². The summed E-state index contributed by atoms with van der Waals surface area (Å²) in [4.78, 5) is 0. The molecule has 0 aromatic carbocycles. The Labute approximate surface area is 106 Å². The summed E-state index contributed by atoms with van der Waals surface area (Å²) in [5.41, 5.74) is 0. The fraction of sp³-hybridized carbons (Fsp3) is 1.00. The Morgan fingerprint density at radius 2 is 2.06 bits per heavy atom. The van der Waals surface area contributed by atoms with Gasteiger partial charge in [0.1, 0.15) is 0 Å². The highest BCUT2D eigenvalue weighted by Crippen LogP contribution is 2.34. The minimum atomic E-state index is 0.884. The van der Waals surface area contributed by atoms with Crippen molar-refractivity contribution in [2.24, 2.45) is 23.7 Å². The Morgan fingerprint density at radius 3 is 2.62 bits per heavy atom. The van der Waals surface area contributed by atoms with Crippen LogP contribution in [0.5, 0.6) is 0 Å². The molecule has 0 aromatic rings. The fourth-order valence-electron chi connectivity index (χ4n) is 2.72. The van der Waals surface area contributed by atoms with E-state index in [1.165, 1.54) is 38.0 Å². The predicted octanol–water partition coefficient (Wildman–Crippen LogP) is 4.34. The van der Waals surface area contributed by atoms with Crippen molar-refractivity contribution in [2.45, 2.75) is 53.4 Å². The largest absolute Gasteiger partial charge is 0.264 e. The zero-order valence-electron chi connectivity index (χ0n) is 11.5. The van der Waals surface area contributed by atoms with Gasteiger partial charge in [-0.1, -0.05) is 58.9 Å². The highest BCUT2D eigenvalue weighted by Gasteiger charge is 2.27. The molecule has 96 valence electrons. The third kappa shape index (κ3) is 4.29. The third-order valence-electron chi connectivity index (χ3n) is 4.50. The molecule has 1 saturated heterocycles. The highest BCUT2D eigenvalue weighted by atomic mass is 32.2. The van der Waals surface area contributed by atoms with Gasteiger partial charge in [-0.15, -0.1) is 0 Å². The van der Waals surface area contributed by atoms with E-state index in [-0.39, 0.29) is 0 Å². The second-order valence-corrected chi connectivity index (χ2v) is 6.50. The SMILES string of the molecule is CCCCC(C)C(C)C(C)C1CCNSC1. The standard InChI is InChI=1S/C14H29NS/c1-5-6-7-11(2)12(3)13(4)14-8-9-15-16-10-14/h11-15H,5-10H2,1-4H3. The van der Waals surface area contributed by atoms with Gasteiger partial charge in [-0.05, 0) is 30.1 Å². The Balaban J connectivity index is 2.35. The van der Waals surface area contributed by atoms with Crippen LogP contribution in [0.4, 0.5) is 0 Å². The van der Waals surface area contributed by atoms with Gasteiger partial charge in [-0.3, -0.25) is 4.72 Å². The maximum Gasteiger partial charge on any atom is 0.0110 e. The minimum absolute atomic E-state index is 0.884. The molecule has 1 nitrogen and oxygen atoms in total. The molecule has 4 atom stereocenters. The third-order valence-corrected chi connectivity index (χ3v) is 5.50. The number of unbranched alkanes of at least 4 members (excludes halogenated alkanes) is 1. The van der Waals surface area contributed by atoms with Crippen molar-refractivity contribution in [1.82, 2.24) is 4.72 Å². The molecule has 0 aromatic heterocycles. The molecule has 0 spiro atoms. The first-order chi connectivity index (χ1) is 7.66. The van der Waals surface area contributed by atoms with Gasteiger partial charge in [0, 0.05) is 12.3 Å². The Morgan fingerprint density at radius 1 is 1.31 bits per heavy atom. The fourth-order valence-corrected chi connectivity index (χ4v) is 3.78. The van der Waals surface area contributed by atoms with Crippen LogP contribution < -0.4 is 4.72 Å². The molecule has 0 radical (unpaired) electrons. The van der Waals surface area contributed by atoms with E-state index in [0.29, 0.717) is 0 Å². The van der Waals surface area contributed by atoms with Crippen molar-refractivity contribution >= 4 is 11.9 Å². The van der Waals surface area contributed by atoms with Crippen LogP contribution in [-0.4, -0.2) is 12.3 Å². The van der Waals surface area contributed by atoms with Gasteiger partial charge < -0.3 is 0 Å². The molecule has 1 rings (SSSR count). The Kier molecular flexibility index (Phi) is 6.83. The smallest absolute Gasteiger partial charge is 0.0110 e. The zero-order chi connectivity index (χ0) is 12.0. The molecule has 1 N–H and O–H groups in total. The molecule has 0 amide bonds. The van der Waals surface area contributed by atoms with Crippen LogP contribution in [0.1, 0.15) is 53.4 Å². The lowest BCUT2D eigenvalue weighted by Crippen LogP contribution is -2.31. The molecule has 0 saturated carbocycles. The van der Waals surface area contributed by atoms with Gasteiger partial charge >= 0.3 is 0 Å². The summed E-state index contributed by atoms with van der Waals surface area (Å²) < 4.78 is 3.39. The quantitative estimate of drug-likeness (QED) is 0.696. The van der Waals surface area contributed by atoms with Crippen molar-refractivity contribution in [1.29, 1.82) is 0 Å². The highest BCUT2D eigenvalue weighted by molar-refractivity contribution is 7.97. The number of hydrogen-bond acceptors (Lipinski definition) is 2. The lowest BCUT2D eigenvalue weighted by atomic mass is 9.75. The lowest BCUT2D eigenvalue weighted by Gasteiger charge is -2.34. The van der Waals surface area contributed by atoms with Gasteiger partial charge in [-0.2, -0.15) is 0 Å². The molecule has 4 unspecified atom stereocenters. The van der Waals surface area contributed by atoms with Gasteiger partial charge in [0.15, 0.2) is 0 Å². The lowest BCUT2D eigenvalue weighted by molar-refractivity contribution is 0.196. The van der Waals surface area contributed by atoms with Crippen LogP contribution in [0.2, 0.25) is 0 Å². The van der Waals surface area contributed by atoms with Crippen LogP contribution in [0, 0.1) is 23.7 Å². The number of hydrogen-bond donors (Lipinski definition) is 1.